The maximum absolute atomic E-state index is 12.4. The maximum Gasteiger partial charge on any atom is 0.335 e. The first-order valence-corrected chi connectivity index (χ1v) is 8.77. The lowest BCUT2D eigenvalue weighted by Gasteiger charge is -2.33. The van der Waals surface area contributed by atoms with Crippen LogP contribution in [-0.2, 0) is 17.8 Å². The van der Waals surface area contributed by atoms with Crippen LogP contribution in [0.1, 0.15) is 27.6 Å². The van der Waals surface area contributed by atoms with Crippen molar-refractivity contribution in [2.24, 2.45) is 0 Å². The fourth-order valence-electron chi connectivity index (χ4n) is 3.00. The highest BCUT2D eigenvalue weighted by Gasteiger charge is 2.25. The van der Waals surface area contributed by atoms with E-state index in [1.807, 2.05) is 13.8 Å². The van der Waals surface area contributed by atoms with Crippen molar-refractivity contribution in [2.75, 3.05) is 19.7 Å². The molecule has 1 fully saturated rings. The van der Waals surface area contributed by atoms with Gasteiger partial charge in [0.2, 0.25) is 0 Å². The van der Waals surface area contributed by atoms with Crippen molar-refractivity contribution in [3.8, 4) is 0 Å². The van der Waals surface area contributed by atoms with Crippen molar-refractivity contribution in [1.82, 2.24) is 25.0 Å². The van der Waals surface area contributed by atoms with E-state index in [1.54, 1.807) is 21.7 Å². The number of hydrogen-bond acceptors (Lipinski definition) is 5. The minimum atomic E-state index is -0.970. The monoisotopic (exact) mass is 373 g/mol. The largest absolute Gasteiger partial charge is 0.478 e. The van der Waals surface area contributed by atoms with Gasteiger partial charge in [0.1, 0.15) is 11.6 Å². The van der Waals surface area contributed by atoms with Crippen LogP contribution in [0.3, 0.4) is 0 Å². The number of nitrogens with one attached hydrogen (secondary N) is 1. The summed E-state index contributed by atoms with van der Waals surface area (Å²) in [6.45, 7) is 6.09. The number of carbonyl (C=O) groups excluding carboxylic acids is 1. The van der Waals surface area contributed by atoms with Crippen LogP contribution in [0.4, 0.5) is 4.79 Å². The van der Waals surface area contributed by atoms with Gasteiger partial charge in [-0.3, -0.25) is 0 Å². The number of carboxylic acids is 1. The standard InChI is InChI=1S/C18H23N5O4/c1-12-20-13(2)23(21-12)11-16-10-22(7-8-27-16)18(26)19-9-14-3-5-15(6-4-14)17(24)25/h3-6,16H,7-11H2,1-2H3,(H,19,26)(H,24,25). The summed E-state index contributed by atoms with van der Waals surface area (Å²) in [5, 5.41) is 16.1. The van der Waals surface area contributed by atoms with Crippen LogP contribution in [0.5, 0.6) is 0 Å². The zero-order valence-corrected chi connectivity index (χ0v) is 15.4. The third kappa shape index (κ3) is 4.82. The van der Waals surface area contributed by atoms with E-state index in [-0.39, 0.29) is 17.7 Å². The van der Waals surface area contributed by atoms with Crippen LogP contribution in [0.25, 0.3) is 0 Å². The first kappa shape index (κ1) is 18.8. The van der Waals surface area contributed by atoms with Gasteiger partial charge in [-0.05, 0) is 31.5 Å². The maximum atomic E-state index is 12.4. The van der Waals surface area contributed by atoms with Crippen molar-refractivity contribution < 1.29 is 19.4 Å². The van der Waals surface area contributed by atoms with E-state index in [0.29, 0.717) is 38.6 Å². The quantitative estimate of drug-likeness (QED) is 0.815. The molecule has 0 saturated carbocycles. The fraction of sp³-hybridized carbons (Fsp3) is 0.444. The molecule has 0 aliphatic carbocycles. The Bertz CT molecular complexity index is 818. The number of urea groups is 1. The van der Waals surface area contributed by atoms with Crippen LogP contribution >= 0.6 is 0 Å². The minimum Gasteiger partial charge on any atom is -0.478 e. The van der Waals surface area contributed by atoms with E-state index >= 15 is 0 Å². The second kappa shape index (κ2) is 8.17. The Morgan fingerprint density at radius 3 is 2.67 bits per heavy atom. The van der Waals surface area contributed by atoms with Gasteiger partial charge in [-0.25, -0.2) is 19.3 Å². The molecule has 2 heterocycles. The molecule has 27 heavy (non-hydrogen) atoms. The number of aryl methyl sites for hydroxylation is 2. The highest BCUT2D eigenvalue weighted by molar-refractivity contribution is 5.87. The zero-order chi connectivity index (χ0) is 19.4. The van der Waals surface area contributed by atoms with Crippen molar-refractivity contribution in [1.29, 1.82) is 0 Å². The summed E-state index contributed by atoms with van der Waals surface area (Å²) in [6, 6.07) is 6.27. The molecule has 3 rings (SSSR count). The number of aromatic nitrogens is 3. The molecule has 1 aliphatic heterocycles. The van der Waals surface area contributed by atoms with Crippen molar-refractivity contribution in [3.63, 3.8) is 0 Å². The van der Waals surface area contributed by atoms with Crippen LogP contribution in [0.15, 0.2) is 24.3 Å². The van der Waals surface area contributed by atoms with E-state index in [9.17, 15) is 9.59 Å². The van der Waals surface area contributed by atoms with Crippen molar-refractivity contribution >= 4 is 12.0 Å². The molecule has 9 nitrogen and oxygen atoms in total. The summed E-state index contributed by atoms with van der Waals surface area (Å²) < 4.78 is 7.56. The molecule has 2 aromatic rings. The van der Waals surface area contributed by atoms with Gasteiger partial charge in [-0.2, -0.15) is 5.10 Å². The average molecular weight is 373 g/mol. The molecule has 1 atom stereocenters. The van der Waals surface area contributed by atoms with Crippen LogP contribution in [0, 0.1) is 13.8 Å². The molecule has 1 saturated heterocycles. The lowest BCUT2D eigenvalue weighted by atomic mass is 10.1. The Balaban J connectivity index is 1.52. The normalized spacial score (nSPS) is 17.0. The topological polar surface area (TPSA) is 110 Å². The first-order chi connectivity index (χ1) is 12.9. The average Bonchev–Trinajstić information content (AvgIpc) is 2.97. The van der Waals surface area contributed by atoms with Gasteiger partial charge in [-0.15, -0.1) is 0 Å². The lowest BCUT2D eigenvalue weighted by Crippen LogP contribution is -2.50. The number of hydrogen-bond donors (Lipinski definition) is 2. The van der Waals surface area contributed by atoms with E-state index in [0.717, 1.165) is 11.4 Å². The van der Waals surface area contributed by atoms with Gasteiger partial charge in [0, 0.05) is 13.1 Å². The molecular weight excluding hydrogens is 350 g/mol. The van der Waals surface area contributed by atoms with E-state index in [1.165, 1.54) is 12.1 Å². The zero-order valence-electron chi connectivity index (χ0n) is 15.4. The Morgan fingerprint density at radius 2 is 2.04 bits per heavy atom. The number of carbonyl (C=O) groups is 2. The third-order valence-corrected chi connectivity index (χ3v) is 4.41. The van der Waals surface area contributed by atoms with Crippen LogP contribution < -0.4 is 5.32 Å². The van der Waals surface area contributed by atoms with Gasteiger partial charge in [0.25, 0.3) is 0 Å². The van der Waals surface area contributed by atoms with Crippen molar-refractivity contribution in [3.05, 3.63) is 47.0 Å². The molecular formula is C18H23N5O4. The first-order valence-electron chi connectivity index (χ1n) is 8.77. The summed E-state index contributed by atoms with van der Waals surface area (Å²) in [7, 11) is 0. The predicted octanol–water partition coefficient (Wildman–Crippen LogP) is 1.20. The highest BCUT2D eigenvalue weighted by atomic mass is 16.5. The lowest BCUT2D eigenvalue weighted by molar-refractivity contribution is -0.0241. The predicted molar refractivity (Wildman–Crippen MR) is 96.4 cm³/mol. The Kier molecular flexibility index (Phi) is 5.70. The second-order valence-electron chi connectivity index (χ2n) is 6.49. The molecule has 9 heteroatoms. The summed E-state index contributed by atoms with van der Waals surface area (Å²) in [6.07, 6.45) is -0.140. The molecule has 0 radical (unpaired) electrons. The molecule has 0 spiro atoms. The number of nitrogens with zero attached hydrogens (tertiary/aromatic N) is 4. The van der Waals surface area contributed by atoms with Crippen molar-refractivity contribution in [2.45, 2.75) is 33.0 Å². The number of amides is 2. The smallest absolute Gasteiger partial charge is 0.335 e. The number of ether oxygens (including phenoxy) is 1. The van der Waals surface area contributed by atoms with Gasteiger partial charge in [-0.1, -0.05) is 12.1 Å². The fourth-order valence-corrected chi connectivity index (χ4v) is 3.00. The number of aromatic carboxylic acids is 1. The van der Waals surface area contributed by atoms with E-state index in [4.69, 9.17) is 9.84 Å². The van der Waals surface area contributed by atoms with Gasteiger partial charge in [0.15, 0.2) is 0 Å². The molecule has 2 N–H and O–H groups in total. The summed E-state index contributed by atoms with van der Waals surface area (Å²) >= 11 is 0. The minimum absolute atomic E-state index is 0.140. The molecule has 1 aromatic carbocycles. The molecule has 1 aromatic heterocycles. The molecule has 144 valence electrons. The molecule has 0 bridgehead atoms. The van der Waals surface area contributed by atoms with Crippen LogP contribution in [-0.4, -0.2) is 62.6 Å². The number of carboxylic acid groups (broad SMARTS) is 1. The third-order valence-electron chi connectivity index (χ3n) is 4.41. The number of rotatable bonds is 5. The summed E-state index contributed by atoms with van der Waals surface area (Å²) in [5.41, 5.74) is 1.06. The SMILES string of the molecule is Cc1nc(C)n(CC2CN(C(=O)NCc3ccc(C(=O)O)cc3)CCO2)n1. The second-order valence-corrected chi connectivity index (χ2v) is 6.49. The molecule has 1 unspecified atom stereocenters. The number of benzene rings is 1. The van der Waals surface area contributed by atoms with E-state index in [2.05, 4.69) is 15.4 Å². The van der Waals surface area contributed by atoms with Gasteiger partial charge in [0.05, 0.1) is 31.4 Å². The van der Waals surface area contributed by atoms with Crippen LogP contribution in [0.2, 0.25) is 0 Å². The Morgan fingerprint density at radius 1 is 1.30 bits per heavy atom. The van der Waals surface area contributed by atoms with E-state index < -0.39 is 5.97 Å². The molecule has 2 amide bonds. The summed E-state index contributed by atoms with van der Waals surface area (Å²) in [4.78, 5) is 29.3. The van der Waals surface area contributed by atoms with Gasteiger partial charge >= 0.3 is 12.0 Å². The Labute approximate surface area is 156 Å². The highest BCUT2D eigenvalue weighted by Crippen LogP contribution is 2.10. The molecule has 1 aliphatic rings. The van der Waals surface area contributed by atoms with Gasteiger partial charge < -0.3 is 20.1 Å². The summed E-state index contributed by atoms with van der Waals surface area (Å²) in [5.74, 6) is 0.567. The number of morpholine rings is 1. The Hall–Kier alpha value is -2.94.